The van der Waals surface area contributed by atoms with Gasteiger partial charge in [0.15, 0.2) is 0 Å². The van der Waals surface area contributed by atoms with Crippen molar-refractivity contribution in [2.24, 2.45) is 0 Å². The lowest BCUT2D eigenvalue weighted by molar-refractivity contribution is -0.156. The SMILES string of the molecule is CC(C)(C)OC(=O)CN1CCN(CC=O)CCN(CC=O)CCN(CC(=O)NCCCCC(NC(=O)OCC2C3=C(CCC=C3)c3ccccc32)C(=O)O)CC1. The molecule has 1 heterocycles. The molecule has 3 aliphatic rings. The minimum Gasteiger partial charge on any atom is -0.480 e. The monoisotopic (exact) mass is 780 g/mol. The van der Waals surface area contributed by atoms with Gasteiger partial charge in [0, 0.05) is 64.8 Å². The lowest BCUT2D eigenvalue weighted by Crippen LogP contribution is -2.49. The highest BCUT2D eigenvalue weighted by molar-refractivity contribution is 5.82. The van der Waals surface area contributed by atoms with E-state index in [2.05, 4.69) is 28.9 Å². The molecule has 1 saturated heterocycles. The van der Waals surface area contributed by atoms with Crippen molar-refractivity contribution < 1.29 is 43.3 Å². The predicted molar refractivity (Wildman–Crippen MR) is 211 cm³/mol. The summed E-state index contributed by atoms with van der Waals surface area (Å²) < 4.78 is 11.1. The Kier molecular flexibility index (Phi) is 17.7. The zero-order valence-electron chi connectivity index (χ0n) is 33.2. The summed E-state index contributed by atoms with van der Waals surface area (Å²) in [5.74, 6) is -1.81. The zero-order valence-corrected chi connectivity index (χ0v) is 33.2. The van der Waals surface area contributed by atoms with E-state index in [9.17, 15) is 33.9 Å². The number of fused-ring (bicyclic) bond motifs is 2. The number of carbonyl (C=O) groups is 6. The standard InChI is InChI=1S/C41H60N6O9/c1-41(2,3)56-38(51)29-47-21-19-45(25-27-49)17-16-44(24-26-48)18-20-46(22-23-47)28-37(50)42-15-9-8-14-36(39(52)53)43-40(54)55-30-35-33-12-6-4-10-31(33)32-11-5-7-13-34(32)35/h4,6-7,10,12-13,26-27,35-36H,5,8-9,11,14-25,28-30H2,1-3H3,(H,42,50)(H,43,54)(H,52,53). The number of unbranched alkanes of at least 4 members (excludes halogenated alkanes) is 1. The molecule has 56 heavy (non-hydrogen) atoms. The summed E-state index contributed by atoms with van der Waals surface area (Å²) in [4.78, 5) is 81.3. The largest absolute Gasteiger partial charge is 0.480 e. The Morgan fingerprint density at radius 1 is 0.875 bits per heavy atom. The van der Waals surface area contributed by atoms with Gasteiger partial charge in [-0.1, -0.05) is 36.4 Å². The van der Waals surface area contributed by atoms with E-state index in [0.29, 0.717) is 71.7 Å². The summed E-state index contributed by atoms with van der Waals surface area (Å²) in [5, 5.41) is 15.2. The molecule has 0 aromatic heterocycles. The van der Waals surface area contributed by atoms with Gasteiger partial charge in [-0.2, -0.15) is 0 Å². The molecule has 3 N–H and O–H groups in total. The predicted octanol–water partition coefficient (Wildman–Crippen LogP) is 2.31. The minimum atomic E-state index is -1.16. The van der Waals surface area contributed by atoms with Crippen LogP contribution < -0.4 is 10.6 Å². The topological polar surface area (TPSA) is 178 Å². The van der Waals surface area contributed by atoms with Crippen molar-refractivity contribution >= 4 is 42.1 Å². The van der Waals surface area contributed by atoms with Crippen LogP contribution in [0.2, 0.25) is 0 Å². The summed E-state index contributed by atoms with van der Waals surface area (Å²) >= 11 is 0. The molecule has 2 unspecified atom stereocenters. The molecule has 4 rings (SSSR count). The number of nitrogens with one attached hydrogen (secondary N) is 2. The number of ether oxygens (including phenoxy) is 2. The molecule has 2 aliphatic carbocycles. The van der Waals surface area contributed by atoms with E-state index in [1.807, 2.05) is 58.6 Å². The van der Waals surface area contributed by atoms with Crippen molar-refractivity contribution in [3.05, 3.63) is 53.1 Å². The van der Waals surface area contributed by atoms with Crippen molar-refractivity contribution in [3.63, 3.8) is 0 Å². The van der Waals surface area contributed by atoms with Gasteiger partial charge in [-0.05, 0) is 75.1 Å². The van der Waals surface area contributed by atoms with Gasteiger partial charge in [-0.3, -0.25) is 29.2 Å². The Balaban J connectivity index is 1.24. The van der Waals surface area contributed by atoms with E-state index in [4.69, 9.17) is 9.47 Å². The van der Waals surface area contributed by atoms with Crippen molar-refractivity contribution in [3.8, 4) is 0 Å². The molecular weight excluding hydrogens is 720 g/mol. The van der Waals surface area contributed by atoms with Gasteiger partial charge in [0.05, 0.1) is 26.2 Å². The van der Waals surface area contributed by atoms with Gasteiger partial charge >= 0.3 is 18.0 Å². The lowest BCUT2D eigenvalue weighted by atomic mass is 9.93. The summed E-state index contributed by atoms with van der Waals surface area (Å²) in [6.45, 7) is 10.7. The van der Waals surface area contributed by atoms with E-state index in [-0.39, 0.29) is 57.0 Å². The molecule has 2 amide bonds. The number of esters is 1. The maximum Gasteiger partial charge on any atom is 0.407 e. The first-order valence-electron chi connectivity index (χ1n) is 19.8. The van der Waals surface area contributed by atoms with Crippen LogP contribution in [0, 0.1) is 0 Å². The molecule has 1 aliphatic heterocycles. The Morgan fingerprint density at radius 3 is 2.09 bits per heavy atom. The summed E-state index contributed by atoms with van der Waals surface area (Å²) in [6, 6.07) is 6.97. The average molecular weight is 781 g/mol. The highest BCUT2D eigenvalue weighted by atomic mass is 16.6. The molecule has 0 spiro atoms. The second-order valence-electron chi connectivity index (χ2n) is 15.6. The third-order valence-electron chi connectivity index (χ3n) is 10.2. The Bertz CT molecular complexity index is 1570. The van der Waals surface area contributed by atoms with Crippen molar-refractivity contribution in [1.82, 2.24) is 30.2 Å². The fraction of sp³-hybridized carbons (Fsp3) is 0.610. The van der Waals surface area contributed by atoms with E-state index in [1.54, 1.807) is 0 Å². The number of amides is 2. The maximum atomic E-state index is 13.1. The zero-order chi connectivity index (χ0) is 40.5. The van der Waals surface area contributed by atoms with Crippen LogP contribution in [-0.2, 0) is 33.4 Å². The van der Waals surface area contributed by atoms with E-state index < -0.39 is 23.7 Å². The van der Waals surface area contributed by atoms with E-state index >= 15 is 0 Å². The minimum absolute atomic E-state index is 0.0686. The first-order chi connectivity index (χ1) is 26.9. The van der Waals surface area contributed by atoms with Gasteiger partial charge < -0.3 is 34.8 Å². The number of carboxylic acid groups (broad SMARTS) is 1. The van der Waals surface area contributed by atoms with Crippen molar-refractivity contribution in [2.75, 3.05) is 91.7 Å². The molecule has 2 atom stereocenters. The van der Waals surface area contributed by atoms with Gasteiger partial charge in [0.2, 0.25) is 5.91 Å². The molecule has 15 heteroatoms. The average Bonchev–Trinajstić information content (AvgIpc) is 3.47. The first-order valence-corrected chi connectivity index (χ1v) is 19.8. The number of hydrogen-bond donors (Lipinski definition) is 3. The summed E-state index contributed by atoms with van der Waals surface area (Å²) in [5.41, 5.74) is 4.09. The number of rotatable bonds is 17. The first kappa shape index (κ1) is 44.3. The molecule has 0 saturated carbocycles. The van der Waals surface area contributed by atoms with Crippen molar-refractivity contribution in [2.45, 2.75) is 70.4 Å². The molecule has 15 nitrogen and oxygen atoms in total. The fourth-order valence-corrected chi connectivity index (χ4v) is 7.31. The summed E-state index contributed by atoms with van der Waals surface area (Å²) in [6.07, 6.45) is 8.16. The number of aldehydes is 2. The van der Waals surface area contributed by atoms with Gasteiger partial charge in [-0.25, -0.2) is 9.59 Å². The Hall–Kier alpha value is -4.44. The molecular formula is C41H60N6O9. The smallest absolute Gasteiger partial charge is 0.407 e. The van der Waals surface area contributed by atoms with E-state index in [1.165, 1.54) is 11.1 Å². The Morgan fingerprint density at radius 2 is 1.48 bits per heavy atom. The normalized spacial score (nSPS) is 19.4. The number of hydrogen-bond acceptors (Lipinski definition) is 12. The van der Waals surface area contributed by atoms with E-state index in [0.717, 1.165) is 36.6 Å². The van der Waals surface area contributed by atoms with Crippen molar-refractivity contribution in [1.29, 1.82) is 0 Å². The second-order valence-corrected chi connectivity index (χ2v) is 15.6. The van der Waals surface area contributed by atoms with Crippen LogP contribution in [-0.4, -0.2) is 165 Å². The second kappa shape index (κ2) is 22.3. The third-order valence-corrected chi connectivity index (χ3v) is 10.2. The number of benzene rings is 1. The van der Waals surface area contributed by atoms with Crippen LogP contribution >= 0.6 is 0 Å². The number of nitrogens with zero attached hydrogens (tertiary/aromatic N) is 4. The molecule has 1 aromatic rings. The molecule has 1 aromatic carbocycles. The van der Waals surface area contributed by atoms with Crippen LogP contribution in [0.15, 0.2) is 42.0 Å². The van der Waals surface area contributed by atoms with Crippen LogP contribution in [0.5, 0.6) is 0 Å². The number of alkyl carbamates (subject to hydrolysis) is 1. The van der Waals surface area contributed by atoms with Crippen LogP contribution in [0.25, 0.3) is 5.57 Å². The van der Waals surface area contributed by atoms with Gasteiger partial charge in [0.1, 0.15) is 30.8 Å². The highest BCUT2D eigenvalue weighted by Gasteiger charge is 2.32. The molecule has 0 bridgehead atoms. The van der Waals surface area contributed by atoms with Crippen LogP contribution in [0.1, 0.15) is 69.9 Å². The number of carbonyl (C=O) groups excluding carboxylic acids is 5. The lowest BCUT2D eigenvalue weighted by Gasteiger charge is -2.33. The van der Waals surface area contributed by atoms with Gasteiger partial charge in [0.25, 0.3) is 0 Å². The number of carboxylic acids is 1. The highest BCUT2D eigenvalue weighted by Crippen LogP contribution is 2.46. The van der Waals surface area contributed by atoms with Gasteiger partial charge in [-0.15, -0.1) is 0 Å². The fourth-order valence-electron chi connectivity index (χ4n) is 7.31. The maximum absolute atomic E-state index is 13.1. The number of aliphatic carboxylic acids is 1. The third kappa shape index (κ3) is 14.6. The molecule has 0 radical (unpaired) electrons. The van der Waals surface area contributed by atoms with Crippen LogP contribution in [0.4, 0.5) is 4.79 Å². The van der Waals surface area contributed by atoms with Crippen LogP contribution in [0.3, 0.4) is 0 Å². The molecule has 308 valence electrons. The summed E-state index contributed by atoms with van der Waals surface area (Å²) in [7, 11) is 0. The Labute approximate surface area is 330 Å². The molecule has 1 fully saturated rings. The quantitative estimate of drug-likeness (QED) is 0.119. The number of allylic oxidation sites excluding steroid dienone is 3.